The summed E-state index contributed by atoms with van der Waals surface area (Å²) in [5.74, 6) is 0.755. The molecule has 2 amide bonds. The summed E-state index contributed by atoms with van der Waals surface area (Å²) in [6, 6.07) is 7.64. The monoisotopic (exact) mass is 396 g/mol. The quantitative estimate of drug-likeness (QED) is 0.847. The zero-order chi connectivity index (χ0) is 16.6. The van der Waals surface area contributed by atoms with Crippen LogP contribution in [0.3, 0.4) is 0 Å². The van der Waals surface area contributed by atoms with Crippen molar-refractivity contribution in [3.05, 3.63) is 34.3 Å². The first-order valence-corrected chi connectivity index (χ1v) is 9.74. The Morgan fingerprint density at radius 3 is 2.83 bits per heavy atom. The lowest BCUT2D eigenvalue weighted by molar-refractivity contribution is -0.138. The molecule has 2 heterocycles. The number of carbonyl (C=O) groups excluding carboxylic acids is 2. The number of hydrogen-bond donors (Lipinski definition) is 1. The van der Waals surface area contributed by atoms with Gasteiger partial charge in [0.1, 0.15) is 6.04 Å². The molecule has 2 saturated heterocycles. The maximum absolute atomic E-state index is 12.8. The van der Waals surface area contributed by atoms with Crippen LogP contribution in [0.2, 0.25) is 0 Å². The minimum Gasteiger partial charge on any atom is -0.347 e. The van der Waals surface area contributed by atoms with Crippen LogP contribution in [0, 0.1) is 0 Å². The van der Waals surface area contributed by atoms with Crippen molar-refractivity contribution in [2.45, 2.75) is 50.1 Å². The highest BCUT2D eigenvalue weighted by Gasteiger charge is 2.52. The predicted octanol–water partition coefficient (Wildman–Crippen LogP) is 3.47. The zero-order valence-corrected chi connectivity index (χ0v) is 15.7. The van der Waals surface area contributed by atoms with Crippen molar-refractivity contribution in [3.63, 3.8) is 0 Å². The Balaban J connectivity index is 1.73. The molecule has 23 heavy (non-hydrogen) atoms. The first-order valence-electron chi connectivity index (χ1n) is 7.96. The molecule has 124 valence electrons. The van der Waals surface area contributed by atoms with Gasteiger partial charge in [-0.25, -0.2) is 0 Å². The molecule has 3 atom stereocenters. The van der Waals surface area contributed by atoms with E-state index < -0.39 is 0 Å². The number of carbonyl (C=O) groups is 2. The topological polar surface area (TPSA) is 49.4 Å². The van der Waals surface area contributed by atoms with E-state index >= 15 is 0 Å². The van der Waals surface area contributed by atoms with E-state index in [1.807, 2.05) is 24.3 Å². The number of hydrogen-bond acceptors (Lipinski definition) is 3. The summed E-state index contributed by atoms with van der Waals surface area (Å²) in [5.41, 5.74) is 1.09. The van der Waals surface area contributed by atoms with Gasteiger partial charge in [0.05, 0.1) is 10.9 Å². The van der Waals surface area contributed by atoms with E-state index in [1.54, 1.807) is 16.7 Å². The third kappa shape index (κ3) is 3.15. The first-order chi connectivity index (χ1) is 10.9. The van der Waals surface area contributed by atoms with Crippen LogP contribution in [0.15, 0.2) is 28.7 Å². The van der Waals surface area contributed by atoms with E-state index in [4.69, 9.17) is 0 Å². The fraction of sp³-hybridized carbons (Fsp3) is 0.529. The number of fused-ring (bicyclic) bond motifs is 1. The van der Waals surface area contributed by atoms with E-state index in [0.717, 1.165) is 22.9 Å². The lowest BCUT2D eigenvalue weighted by Gasteiger charge is -2.30. The van der Waals surface area contributed by atoms with Crippen molar-refractivity contribution in [1.29, 1.82) is 0 Å². The Morgan fingerprint density at radius 1 is 1.48 bits per heavy atom. The molecule has 0 aliphatic carbocycles. The van der Waals surface area contributed by atoms with Gasteiger partial charge < -0.3 is 10.2 Å². The number of nitrogens with one attached hydrogen (secondary N) is 1. The van der Waals surface area contributed by atoms with Crippen molar-refractivity contribution >= 4 is 39.5 Å². The molecule has 0 bridgehead atoms. The van der Waals surface area contributed by atoms with Gasteiger partial charge in [0, 0.05) is 16.6 Å². The van der Waals surface area contributed by atoms with Crippen molar-refractivity contribution in [3.8, 4) is 0 Å². The summed E-state index contributed by atoms with van der Waals surface area (Å²) in [4.78, 5) is 26.5. The van der Waals surface area contributed by atoms with Crippen molar-refractivity contribution < 1.29 is 9.59 Å². The first kappa shape index (κ1) is 16.8. The molecule has 4 nitrogen and oxygen atoms in total. The molecule has 6 heteroatoms. The van der Waals surface area contributed by atoms with Gasteiger partial charge in [-0.2, -0.15) is 0 Å². The molecule has 3 rings (SSSR count). The number of nitrogens with zero attached hydrogens (tertiary/aromatic N) is 1. The average molecular weight is 397 g/mol. The summed E-state index contributed by atoms with van der Waals surface area (Å²) >= 11 is 5.16. The molecule has 0 aromatic heterocycles. The SMILES string of the molecule is CCC(NC(=O)C1CSC2(C)CCC(=O)N12)c1ccc(Br)cc1. The summed E-state index contributed by atoms with van der Waals surface area (Å²) in [5, 5.41) is 3.13. The van der Waals surface area contributed by atoms with E-state index in [0.29, 0.717) is 12.2 Å². The standard InChI is InChI=1S/C17H21BrN2O2S/c1-3-13(11-4-6-12(18)7-5-11)19-16(22)14-10-23-17(2)9-8-15(21)20(14)17/h4-7,13-14H,3,8-10H2,1-2H3,(H,19,22). The van der Waals surface area contributed by atoms with Crippen molar-refractivity contribution in [2.24, 2.45) is 0 Å². The highest BCUT2D eigenvalue weighted by atomic mass is 79.9. The van der Waals surface area contributed by atoms with Gasteiger partial charge in [0.15, 0.2) is 0 Å². The van der Waals surface area contributed by atoms with Crippen LogP contribution in [0.5, 0.6) is 0 Å². The van der Waals surface area contributed by atoms with Crippen LogP contribution < -0.4 is 5.32 Å². The fourth-order valence-electron chi connectivity index (χ4n) is 3.40. The molecule has 1 aromatic rings. The number of rotatable bonds is 4. The van der Waals surface area contributed by atoms with Gasteiger partial charge in [-0.3, -0.25) is 9.59 Å². The Labute approximate surface area is 149 Å². The summed E-state index contributed by atoms with van der Waals surface area (Å²) in [6.45, 7) is 4.13. The molecule has 0 saturated carbocycles. The van der Waals surface area contributed by atoms with Crippen LogP contribution in [0.1, 0.15) is 44.7 Å². The average Bonchev–Trinajstić information content (AvgIpc) is 3.02. The Bertz CT molecular complexity index is 622. The zero-order valence-electron chi connectivity index (χ0n) is 13.3. The minimum absolute atomic E-state index is 0.0230. The number of benzene rings is 1. The normalized spacial score (nSPS) is 27.9. The second-order valence-electron chi connectivity index (χ2n) is 6.29. The third-order valence-corrected chi connectivity index (χ3v) is 6.78. The molecular formula is C17H21BrN2O2S. The van der Waals surface area contributed by atoms with Crippen LogP contribution >= 0.6 is 27.7 Å². The smallest absolute Gasteiger partial charge is 0.244 e. The van der Waals surface area contributed by atoms with Crippen molar-refractivity contribution in [1.82, 2.24) is 10.2 Å². The molecule has 2 aliphatic heterocycles. The summed E-state index contributed by atoms with van der Waals surface area (Å²) in [7, 11) is 0. The highest BCUT2D eigenvalue weighted by molar-refractivity contribution is 9.10. The van der Waals surface area contributed by atoms with Crippen molar-refractivity contribution in [2.75, 3.05) is 5.75 Å². The fourth-order valence-corrected chi connectivity index (χ4v) is 5.10. The summed E-state index contributed by atoms with van der Waals surface area (Å²) < 4.78 is 1.02. The van der Waals surface area contributed by atoms with Gasteiger partial charge in [0.25, 0.3) is 0 Å². The van der Waals surface area contributed by atoms with Gasteiger partial charge >= 0.3 is 0 Å². The number of thioether (sulfide) groups is 1. The lowest BCUT2D eigenvalue weighted by atomic mass is 10.0. The number of halogens is 1. The lowest BCUT2D eigenvalue weighted by Crippen LogP contribution is -2.50. The maximum Gasteiger partial charge on any atom is 0.244 e. The van der Waals surface area contributed by atoms with Gasteiger partial charge in [-0.05, 0) is 37.5 Å². The van der Waals surface area contributed by atoms with E-state index in [1.165, 1.54) is 0 Å². The van der Waals surface area contributed by atoms with Gasteiger partial charge in [0.2, 0.25) is 11.8 Å². The molecule has 2 fully saturated rings. The van der Waals surface area contributed by atoms with Gasteiger partial charge in [-0.1, -0.05) is 35.0 Å². The van der Waals surface area contributed by atoms with Crippen LogP contribution in [0.4, 0.5) is 0 Å². The van der Waals surface area contributed by atoms with E-state index in [9.17, 15) is 9.59 Å². The Morgan fingerprint density at radius 2 is 2.17 bits per heavy atom. The Kier molecular flexibility index (Phi) is 4.74. The third-order valence-electron chi connectivity index (χ3n) is 4.74. The number of amides is 2. The summed E-state index contributed by atoms with van der Waals surface area (Å²) in [6.07, 6.45) is 2.21. The van der Waals surface area contributed by atoms with Crippen LogP contribution in [0.25, 0.3) is 0 Å². The Hall–Kier alpha value is -1.01. The largest absolute Gasteiger partial charge is 0.347 e. The molecule has 0 spiro atoms. The molecule has 1 aromatic carbocycles. The molecule has 1 N–H and O–H groups in total. The van der Waals surface area contributed by atoms with E-state index in [-0.39, 0.29) is 28.8 Å². The molecule has 3 unspecified atom stereocenters. The molecule has 2 aliphatic rings. The second-order valence-corrected chi connectivity index (χ2v) is 8.70. The van der Waals surface area contributed by atoms with Gasteiger partial charge in [-0.15, -0.1) is 11.8 Å². The highest BCUT2D eigenvalue weighted by Crippen LogP contribution is 2.47. The minimum atomic E-state index is -0.343. The molecular weight excluding hydrogens is 376 g/mol. The second kappa shape index (κ2) is 6.48. The van der Waals surface area contributed by atoms with E-state index in [2.05, 4.69) is 35.1 Å². The van der Waals surface area contributed by atoms with Crippen LogP contribution in [-0.4, -0.2) is 33.4 Å². The predicted molar refractivity (Wildman–Crippen MR) is 96.0 cm³/mol. The molecule has 0 radical (unpaired) electrons. The van der Waals surface area contributed by atoms with Crippen LogP contribution in [-0.2, 0) is 9.59 Å². The maximum atomic E-state index is 12.8.